The first-order valence-electron chi connectivity index (χ1n) is 6.29. The number of benzene rings is 1. The van der Waals surface area contributed by atoms with Crippen molar-refractivity contribution in [2.75, 3.05) is 11.9 Å². The van der Waals surface area contributed by atoms with Crippen LogP contribution < -0.4 is 10.1 Å². The highest BCUT2D eigenvalue weighted by Gasteiger charge is 2.10. The molecule has 2 aromatic rings. The van der Waals surface area contributed by atoms with Crippen LogP contribution in [0.2, 0.25) is 0 Å². The zero-order chi connectivity index (χ0) is 15.4. The Morgan fingerprint density at radius 1 is 1.24 bits per heavy atom. The van der Waals surface area contributed by atoms with Gasteiger partial charge in [0.15, 0.2) is 6.61 Å². The number of anilines is 1. The number of hydrogen-bond acceptors (Lipinski definition) is 4. The quantitative estimate of drug-likeness (QED) is 0.890. The second-order valence-electron chi connectivity index (χ2n) is 4.51. The van der Waals surface area contributed by atoms with Gasteiger partial charge >= 0.3 is 5.97 Å². The summed E-state index contributed by atoms with van der Waals surface area (Å²) in [6, 6.07) is 8.43. The minimum Gasteiger partial charge on any atom is -0.482 e. The van der Waals surface area contributed by atoms with Crippen molar-refractivity contribution in [3.63, 3.8) is 0 Å². The maximum absolute atomic E-state index is 12.1. The molecule has 0 aliphatic carbocycles. The fourth-order valence-electron chi connectivity index (χ4n) is 1.66. The van der Waals surface area contributed by atoms with E-state index in [4.69, 9.17) is 9.84 Å². The van der Waals surface area contributed by atoms with Gasteiger partial charge in [0.1, 0.15) is 5.75 Å². The van der Waals surface area contributed by atoms with Crippen LogP contribution in [0.3, 0.4) is 0 Å². The van der Waals surface area contributed by atoms with Crippen LogP contribution in [0.1, 0.15) is 20.1 Å². The summed E-state index contributed by atoms with van der Waals surface area (Å²) in [5.41, 5.74) is 1.73. The normalized spacial score (nSPS) is 10.2. The van der Waals surface area contributed by atoms with E-state index in [0.29, 0.717) is 16.3 Å². The third kappa shape index (κ3) is 4.06. The molecule has 0 atom stereocenters. The molecule has 0 radical (unpaired) electrons. The van der Waals surface area contributed by atoms with E-state index in [9.17, 15) is 9.59 Å². The lowest BCUT2D eigenvalue weighted by Gasteiger charge is -2.06. The SMILES string of the molecule is Cc1cc(C(=O)Nc2ccc(OCC(=O)O)cc2)sc1C. The number of ether oxygens (including phenoxy) is 1. The van der Waals surface area contributed by atoms with E-state index >= 15 is 0 Å². The Labute approximate surface area is 126 Å². The number of aryl methyl sites for hydroxylation is 2. The Bertz CT molecular complexity index is 641. The van der Waals surface area contributed by atoms with Crippen LogP contribution in [-0.4, -0.2) is 23.6 Å². The van der Waals surface area contributed by atoms with Crippen molar-refractivity contribution < 1.29 is 19.4 Å². The number of amides is 1. The van der Waals surface area contributed by atoms with Crippen LogP contribution in [0.5, 0.6) is 5.75 Å². The van der Waals surface area contributed by atoms with Crippen molar-refractivity contribution in [3.05, 3.63) is 45.6 Å². The number of aliphatic carboxylic acids is 1. The largest absolute Gasteiger partial charge is 0.482 e. The molecule has 0 saturated carbocycles. The number of carbonyl (C=O) groups is 2. The van der Waals surface area contributed by atoms with E-state index in [1.807, 2.05) is 19.9 Å². The Balaban J connectivity index is 1.99. The molecule has 0 aliphatic heterocycles. The number of carboxylic acid groups (broad SMARTS) is 1. The zero-order valence-corrected chi connectivity index (χ0v) is 12.5. The summed E-state index contributed by atoms with van der Waals surface area (Å²) in [6.07, 6.45) is 0. The van der Waals surface area contributed by atoms with Gasteiger partial charge in [-0.1, -0.05) is 0 Å². The highest BCUT2D eigenvalue weighted by molar-refractivity contribution is 7.14. The summed E-state index contributed by atoms with van der Waals surface area (Å²) in [5.74, 6) is -0.746. The molecule has 0 aliphatic rings. The fraction of sp³-hybridized carbons (Fsp3) is 0.200. The predicted molar refractivity (Wildman–Crippen MR) is 81.3 cm³/mol. The molecule has 1 aromatic heterocycles. The molecule has 6 heteroatoms. The molecule has 0 unspecified atom stereocenters. The van der Waals surface area contributed by atoms with Crippen molar-refractivity contribution in [1.82, 2.24) is 0 Å². The van der Waals surface area contributed by atoms with Gasteiger partial charge in [-0.25, -0.2) is 4.79 Å². The van der Waals surface area contributed by atoms with E-state index in [0.717, 1.165) is 10.4 Å². The van der Waals surface area contributed by atoms with Crippen LogP contribution in [0.25, 0.3) is 0 Å². The van der Waals surface area contributed by atoms with Crippen molar-refractivity contribution in [2.45, 2.75) is 13.8 Å². The molecule has 110 valence electrons. The molecule has 2 rings (SSSR count). The van der Waals surface area contributed by atoms with Gasteiger partial charge in [-0.05, 0) is 49.7 Å². The summed E-state index contributed by atoms with van der Waals surface area (Å²) in [4.78, 5) is 24.2. The molecule has 0 fully saturated rings. The van der Waals surface area contributed by atoms with Crippen molar-refractivity contribution in [2.24, 2.45) is 0 Å². The molecule has 0 saturated heterocycles. The number of carboxylic acids is 1. The van der Waals surface area contributed by atoms with Gasteiger partial charge in [0.05, 0.1) is 4.88 Å². The van der Waals surface area contributed by atoms with E-state index < -0.39 is 5.97 Å². The first-order chi connectivity index (χ1) is 9.95. The highest BCUT2D eigenvalue weighted by atomic mass is 32.1. The van der Waals surface area contributed by atoms with Gasteiger partial charge in [-0.15, -0.1) is 11.3 Å². The van der Waals surface area contributed by atoms with E-state index in [-0.39, 0.29) is 12.5 Å². The van der Waals surface area contributed by atoms with Gasteiger partial charge < -0.3 is 15.2 Å². The van der Waals surface area contributed by atoms with Crippen LogP contribution in [0, 0.1) is 13.8 Å². The average molecular weight is 305 g/mol. The van der Waals surface area contributed by atoms with E-state index in [1.54, 1.807) is 24.3 Å². The first kappa shape index (κ1) is 15.1. The lowest BCUT2D eigenvalue weighted by molar-refractivity contribution is -0.139. The smallest absolute Gasteiger partial charge is 0.341 e. The summed E-state index contributed by atoms with van der Waals surface area (Å²) < 4.78 is 5.02. The zero-order valence-electron chi connectivity index (χ0n) is 11.7. The Hall–Kier alpha value is -2.34. The second kappa shape index (κ2) is 6.41. The molecule has 1 heterocycles. The molecule has 0 spiro atoms. The van der Waals surface area contributed by atoms with E-state index in [1.165, 1.54) is 11.3 Å². The van der Waals surface area contributed by atoms with Crippen LogP contribution in [-0.2, 0) is 4.79 Å². The number of carbonyl (C=O) groups excluding carboxylic acids is 1. The van der Waals surface area contributed by atoms with Crippen LogP contribution >= 0.6 is 11.3 Å². The molecular formula is C15H15NO4S. The summed E-state index contributed by atoms with van der Waals surface area (Å²) >= 11 is 1.45. The summed E-state index contributed by atoms with van der Waals surface area (Å²) in [6.45, 7) is 3.56. The van der Waals surface area contributed by atoms with E-state index in [2.05, 4.69) is 5.32 Å². The number of nitrogens with one attached hydrogen (secondary N) is 1. The monoisotopic (exact) mass is 305 g/mol. The standard InChI is InChI=1S/C15H15NO4S/c1-9-7-13(21-10(9)2)15(19)16-11-3-5-12(6-4-11)20-8-14(17)18/h3-7H,8H2,1-2H3,(H,16,19)(H,17,18). The maximum atomic E-state index is 12.1. The van der Waals surface area contributed by atoms with Crippen LogP contribution in [0.4, 0.5) is 5.69 Å². The topological polar surface area (TPSA) is 75.6 Å². The lowest BCUT2D eigenvalue weighted by Crippen LogP contribution is -2.11. The van der Waals surface area contributed by atoms with Gasteiger partial charge in [-0.3, -0.25) is 4.79 Å². The van der Waals surface area contributed by atoms with Gasteiger partial charge in [0, 0.05) is 10.6 Å². The minimum absolute atomic E-state index is 0.157. The molecule has 1 amide bonds. The van der Waals surface area contributed by atoms with Crippen molar-refractivity contribution in [3.8, 4) is 5.75 Å². The molecule has 21 heavy (non-hydrogen) atoms. The molecule has 0 bridgehead atoms. The number of rotatable bonds is 5. The third-order valence-electron chi connectivity index (χ3n) is 2.86. The van der Waals surface area contributed by atoms with Gasteiger partial charge in [0.25, 0.3) is 5.91 Å². The molecule has 5 nitrogen and oxygen atoms in total. The number of thiophene rings is 1. The van der Waals surface area contributed by atoms with Crippen molar-refractivity contribution in [1.29, 1.82) is 0 Å². The second-order valence-corrected chi connectivity index (χ2v) is 5.77. The number of hydrogen-bond donors (Lipinski definition) is 2. The third-order valence-corrected chi connectivity index (χ3v) is 4.02. The Morgan fingerprint density at radius 2 is 1.90 bits per heavy atom. The van der Waals surface area contributed by atoms with Gasteiger partial charge in [-0.2, -0.15) is 0 Å². The summed E-state index contributed by atoms with van der Waals surface area (Å²) in [5, 5.41) is 11.3. The Kier molecular flexibility index (Phi) is 4.59. The molecule has 2 N–H and O–H groups in total. The summed E-state index contributed by atoms with van der Waals surface area (Å²) in [7, 11) is 0. The fourth-order valence-corrected chi connectivity index (χ4v) is 2.59. The Morgan fingerprint density at radius 3 is 2.43 bits per heavy atom. The molecule has 1 aromatic carbocycles. The highest BCUT2D eigenvalue weighted by Crippen LogP contribution is 2.22. The lowest BCUT2D eigenvalue weighted by atomic mass is 10.2. The minimum atomic E-state index is -1.03. The average Bonchev–Trinajstić information content (AvgIpc) is 2.78. The maximum Gasteiger partial charge on any atom is 0.341 e. The van der Waals surface area contributed by atoms with Crippen LogP contribution in [0.15, 0.2) is 30.3 Å². The van der Waals surface area contributed by atoms with Crippen molar-refractivity contribution >= 4 is 28.9 Å². The predicted octanol–water partition coefficient (Wildman–Crippen LogP) is 3.08. The molecular weight excluding hydrogens is 290 g/mol. The van der Waals surface area contributed by atoms with Gasteiger partial charge in [0.2, 0.25) is 0 Å². The first-order valence-corrected chi connectivity index (χ1v) is 7.10.